The molecule has 1 aliphatic heterocycles. The van der Waals surface area contributed by atoms with Crippen LogP contribution in [-0.2, 0) is 6.42 Å². The lowest BCUT2D eigenvalue weighted by atomic mass is 9.82. The van der Waals surface area contributed by atoms with Crippen LogP contribution in [-0.4, -0.2) is 16.1 Å². The van der Waals surface area contributed by atoms with E-state index in [2.05, 4.69) is 63.9 Å². The lowest BCUT2D eigenvalue weighted by molar-refractivity contribution is -0.217. The van der Waals surface area contributed by atoms with Gasteiger partial charge in [0, 0.05) is 0 Å². The number of para-hydroxylation sites is 1. The summed E-state index contributed by atoms with van der Waals surface area (Å²) in [4.78, 5) is 6.34. The molecule has 2 nitrogen and oxygen atoms in total. The summed E-state index contributed by atoms with van der Waals surface area (Å²) in [6.45, 7) is 11.3. The third-order valence-corrected chi connectivity index (χ3v) is 4.22. The van der Waals surface area contributed by atoms with Crippen LogP contribution in [0, 0.1) is 0 Å². The molecule has 0 atom stereocenters. The molecule has 1 aromatic carbocycles. The van der Waals surface area contributed by atoms with Gasteiger partial charge in [0.2, 0.25) is 0 Å². The highest BCUT2D eigenvalue weighted by molar-refractivity contribution is 5.33. The maximum absolute atomic E-state index is 6.34. The number of piperidine rings is 1. The maximum Gasteiger partial charge on any atom is 0.150 e. The van der Waals surface area contributed by atoms with Gasteiger partial charge in [-0.1, -0.05) is 25.1 Å². The molecule has 2 rings (SSSR count). The van der Waals surface area contributed by atoms with E-state index in [1.807, 2.05) is 0 Å². The lowest BCUT2D eigenvalue weighted by Gasteiger charge is -2.51. The van der Waals surface area contributed by atoms with Crippen LogP contribution in [0.3, 0.4) is 0 Å². The number of hydrogen-bond acceptors (Lipinski definition) is 2. The van der Waals surface area contributed by atoms with Crippen molar-refractivity contribution in [1.29, 1.82) is 0 Å². The zero-order chi connectivity index (χ0) is 14.1. The SMILES string of the molecule is CCc1ccccc1ON1C(C)(C)CCCC1(C)C. The average molecular weight is 261 g/mol. The van der Waals surface area contributed by atoms with Gasteiger partial charge in [0.25, 0.3) is 0 Å². The van der Waals surface area contributed by atoms with Gasteiger partial charge in [0.1, 0.15) is 0 Å². The summed E-state index contributed by atoms with van der Waals surface area (Å²) in [5.41, 5.74) is 1.45. The highest BCUT2D eigenvalue weighted by Crippen LogP contribution is 2.39. The molecule has 1 aliphatic rings. The van der Waals surface area contributed by atoms with E-state index < -0.39 is 0 Å². The third kappa shape index (κ3) is 2.94. The first kappa shape index (κ1) is 14.4. The van der Waals surface area contributed by atoms with Crippen LogP contribution < -0.4 is 4.84 Å². The Labute approximate surface area is 117 Å². The van der Waals surface area contributed by atoms with Crippen molar-refractivity contribution in [3.8, 4) is 5.75 Å². The van der Waals surface area contributed by atoms with Gasteiger partial charge in [-0.25, -0.2) is 0 Å². The normalized spacial score (nSPS) is 22.2. The molecule has 0 radical (unpaired) electrons. The highest BCUT2D eigenvalue weighted by atomic mass is 16.7. The zero-order valence-corrected chi connectivity index (χ0v) is 13.0. The van der Waals surface area contributed by atoms with Crippen molar-refractivity contribution in [3.05, 3.63) is 29.8 Å². The van der Waals surface area contributed by atoms with Gasteiger partial charge < -0.3 is 4.84 Å². The Balaban J connectivity index is 2.28. The van der Waals surface area contributed by atoms with Crippen LogP contribution in [0.4, 0.5) is 0 Å². The molecule has 1 heterocycles. The van der Waals surface area contributed by atoms with Crippen molar-refractivity contribution in [2.45, 2.75) is 71.4 Å². The molecule has 1 saturated heterocycles. The highest BCUT2D eigenvalue weighted by Gasteiger charge is 2.43. The second-order valence-corrected chi connectivity index (χ2v) is 6.83. The Morgan fingerprint density at radius 1 is 1.05 bits per heavy atom. The van der Waals surface area contributed by atoms with Crippen LogP contribution in [0.2, 0.25) is 0 Å². The molecule has 0 unspecified atom stereocenters. The van der Waals surface area contributed by atoms with E-state index in [0.29, 0.717) is 0 Å². The first-order valence-corrected chi connectivity index (χ1v) is 7.43. The van der Waals surface area contributed by atoms with Crippen LogP contribution in [0.25, 0.3) is 0 Å². The Hall–Kier alpha value is -1.02. The first-order chi connectivity index (χ1) is 8.87. The fourth-order valence-electron chi connectivity index (χ4n) is 3.21. The minimum atomic E-state index is 0.0859. The van der Waals surface area contributed by atoms with E-state index in [1.165, 1.54) is 24.8 Å². The standard InChI is InChI=1S/C17H27NO/c1-6-14-10-7-8-11-15(14)19-18-16(2,3)12-9-13-17(18,4)5/h7-8,10-11H,6,9,12-13H2,1-5H3. The smallest absolute Gasteiger partial charge is 0.150 e. The maximum atomic E-state index is 6.34. The topological polar surface area (TPSA) is 12.5 Å². The van der Waals surface area contributed by atoms with E-state index in [4.69, 9.17) is 4.84 Å². The number of benzene rings is 1. The third-order valence-electron chi connectivity index (χ3n) is 4.22. The lowest BCUT2D eigenvalue weighted by Crippen LogP contribution is -2.60. The molecule has 106 valence electrons. The van der Waals surface area contributed by atoms with Crippen molar-refractivity contribution in [1.82, 2.24) is 5.06 Å². The molecule has 1 fully saturated rings. The molecular formula is C17H27NO. The summed E-state index contributed by atoms with van der Waals surface area (Å²) in [7, 11) is 0. The minimum absolute atomic E-state index is 0.0859. The Morgan fingerprint density at radius 3 is 2.21 bits per heavy atom. The summed E-state index contributed by atoms with van der Waals surface area (Å²) in [5, 5.41) is 2.22. The summed E-state index contributed by atoms with van der Waals surface area (Å²) >= 11 is 0. The summed E-state index contributed by atoms with van der Waals surface area (Å²) in [5.74, 6) is 1.01. The molecule has 0 aromatic heterocycles. The molecule has 0 spiro atoms. The van der Waals surface area contributed by atoms with Crippen LogP contribution in [0.5, 0.6) is 5.75 Å². The Bertz CT molecular complexity index is 421. The van der Waals surface area contributed by atoms with Gasteiger partial charge in [-0.2, -0.15) is 0 Å². The van der Waals surface area contributed by atoms with Crippen molar-refractivity contribution < 1.29 is 4.84 Å². The fourth-order valence-corrected chi connectivity index (χ4v) is 3.21. The van der Waals surface area contributed by atoms with Gasteiger partial charge in [-0.05, 0) is 65.0 Å². The van der Waals surface area contributed by atoms with E-state index in [1.54, 1.807) is 0 Å². The first-order valence-electron chi connectivity index (χ1n) is 7.43. The molecule has 0 N–H and O–H groups in total. The van der Waals surface area contributed by atoms with E-state index in [-0.39, 0.29) is 11.1 Å². The predicted molar refractivity (Wildman–Crippen MR) is 80.3 cm³/mol. The van der Waals surface area contributed by atoms with Gasteiger partial charge in [-0.15, -0.1) is 5.06 Å². The molecule has 2 heteroatoms. The molecule has 0 bridgehead atoms. The number of hydroxylamine groups is 2. The molecule has 1 aromatic rings. The quantitative estimate of drug-likeness (QED) is 0.789. The van der Waals surface area contributed by atoms with Gasteiger partial charge in [0.15, 0.2) is 5.75 Å². The number of aryl methyl sites for hydroxylation is 1. The van der Waals surface area contributed by atoms with E-state index in [9.17, 15) is 0 Å². The molecule has 19 heavy (non-hydrogen) atoms. The molecule has 0 amide bonds. The van der Waals surface area contributed by atoms with E-state index in [0.717, 1.165) is 12.2 Å². The molecule has 0 aliphatic carbocycles. The van der Waals surface area contributed by atoms with Crippen LogP contribution in [0.1, 0.15) is 59.4 Å². The summed E-state index contributed by atoms with van der Waals surface area (Å²) in [6.07, 6.45) is 4.65. The van der Waals surface area contributed by atoms with Crippen LogP contribution in [0.15, 0.2) is 24.3 Å². The van der Waals surface area contributed by atoms with E-state index >= 15 is 0 Å². The average Bonchev–Trinajstić information content (AvgIpc) is 2.34. The second kappa shape index (κ2) is 5.16. The number of rotatable bonds is 3. The second-order valence-electron chi connectivity index (χ2n) is 6.83. The minimum Gasteiger partial charge on any atom is -0.405 e. The number of nitrogens with zero attached hydrogens (tertiary/aromatic N) is 1. The predicted octanol–water partition coefficient (Wildman–Crippen LogP) is 4.59. The fraction of sp³-hybridized carbons (Fsp3) is 0.647. The molecular weight excluding hydrogens is 234 g/mol. The van der Waals surface area contributed by atoms with Crippen LogP contribution >= 0.6 is 0 Å². The Kier molecular flexibility index (Phi) is 3.91. The van der Waals surface area contributed by atoms with Gasteiger partial charge in [0.05, 0.1) is 11.1 Å². The summed E-state index contributed by atoms with van der Waals surface area (Å²) < 4.78 is 0. The molecule has 0 saturated carbocycles. The van der Waals surface area contributed by atoms with Crippen molar-refractivity contribution in [2.75, 3.05) is 0 Å². The zero-order valence-electron chi connectivity index (χ0n) is 13.0. The Morgan fingerprint density at radius 2 is 1.63 bits per heavy atom. The van der Waals surface area contributed by atoms with Crippen molar-refractivity contribution in [3.63, 3.8) is 0 Å². The largest absolute Gasteiger partial charge is 0.405 e. The van der Waals surface area contributed by atoms with Gasteiger partial charge >= 0.3 is 0 Å². The number of hydrogen-bond donors (Lipinski definition) is 0. The summed E-state index contributed by atoms with van der Waals surface area (Å²) in [6, 6.07) is 8.37. The monoisotopic (exact) mass is 261 g/mol. The van der Waals surface area contributed by atoms with Crippen molar-refractivity contribution in [2.24, 2.45) is 0 Å². The van der Waals surface area contributed by atoms with Gasteiger partial charge in [-0.3, -0.25) is 0 Å². The van der Waals surface area contributed by atoms with Crippen molar-refractivity contribution >= 4 is 0 Å².